The van der Waals surface area contributed by atoms with Gasteiger partial charge in [0.2, 0.25) is 5.91 Å². The van der Waals surface area contributed by atoms with Gasteiger partial charge in [-0.25, -0.2) is 0 Å². The fourth-order valence-corrected chi connectivity index (χ4v) is 0.373. The fourth-order valence-electron chi connectivity index (χ4n) is 0.124. The minimum absolute atomic E-state index is 0. The van der Waals surface area contributed by atoms with E-state index in [0.29, 0.717) is 6.17 Å². The van der Waals surface area contributed by atoms with E-state index in [0.717, 1.165) is 0 Å². The molecule has 0 atom stereocenters. The molecular formula is C3H6NOSiY6. The Kier molecular flexibility index (Phi) is 129. The molecule has 0 aromatic rings. The Labute approximate surface area is 229 Å². The SMILES string of the molecule is CC(=O)NC[Si].[Y].[Y].[Y].[Y].[Y].[Y]. The van der Waals surface area contributed by atoms with Crippen molar-refractivity contribution in [1.82, 2.24) is 5.32 Å². The summed E-state index contributed by atoms with van der Waals surface area (Å²) in [5.41, 5.74) is 0. The van der Waals surface area contributed by atoms with E-state index in [9.17, 15) is 4.79 Å². The maximum Gasteiger partial charge on any atom is 0.216 e. The van der Waals surface area contributed by atoms with Gasteiger partial charge in [0.15, 0.2) is 0 Å². The number of rotatable bonds is 1. The number of carbonyl (C=O) groups excluding carboxylic acids is 1. The molecule has 0 heterocycles. The first-order valence-corrected chi connectivity index (χ1v) is 2.37. The second kappa shape index (κ2) is 36.0. The molecule has 9 radical (unpaired) electrons. The number of carbonyl (C=O) groups is 1. The van der Waals surface area contributed by atoms with Gasteiger partial charge in [0.05, 0.1) is 10.2 Å². The molecule has 0 unspecified atom stereocenters. The van der Waals surface area contributed by atoms with E-state index in [1.165, 1.54) is 6.92 Å². The van der Waals surface area contributed by atoms with Crippen LogP contribution in [-0.4, -0.2) is 22.3 Å². The third-order valence-corrected chi connectivity index (χ3v) is 0.514. The molecule has 0 saturated carbocycles. The van der Waals surface area contributed by atoms with Crippen LogP contribution in [0, 0.1) is 0 Å². The van der Waals surface area contributed by atoms with Crippen LogP contribution in [0.2, 0.25) is 0 Å². The number of hydrogen-bond donors (Lipinski definition) is 1. The summed E-state index contributed by atoms with van der Waals surface area (Å²) in [4.78, 5) is 9.90. The number of amides is 1. The van der Waals surface area contributed by atoms with Crippen molar-refractivity contribution in [3.63, 3.8) is 0 Å². The second-order valence-electron chi connectivity index (χ2n) is 0.910. The van der Waals surface area contributed by atoms with Crippen molar-refractivity contribution in [2.24, 2.45) is 0 Å². The summed E-state index contributed by atoms with van der Waals surface area (Å²) in [5.74, 6) is -0.00926. The van der Waals surface area contributed by atoms with Crippen molar-refractivity contribution < 1.29 is 201 Å². The quantitative estimate of drug-likeness (QED) is 0.378. The van der Waals surface area contributed by atoms with E-state index in [2.05, 4.69) is 15.6 Å². The van der Waals surface area contributed by atoms with Gasteiger partial charge in [0.25, 0.3) is 0 Å². The minimum atomic E-state index is -0.00926. The van der Waals surface area contributed by atoms with Crippen LogP contribution in [0.4, 0.5) is 0 Å². The molecule has 1 N–H and O–H groups in total. The molecule has 0 aliphatic rings. The Hall–Kier alpha value is 6.31. The summed E-state index contributed by atoms with van der Waals surface area (Å²) < 4.78 is 0. The molecule has 1 amide bonds. The van der Waals surface area contributed by atoms with Gasteiger partial charge < -0.3 is 5.32 Å². The Morgan fingerprint density at radius 1 is 1.08 bits per heavy atom. The summed E-state index contributed by atoms with van der Waals surface area (Å²) in [6.07, 6.45) is 0.537. The van der Waals surface area contributed by atoms with E-state index in [1.54, 1.807) is 0 Å². The molecule has 2 nitrogen and oxygen atoms in total. The summed E-state index contributed by atoms with van der Waals surface area (Å²) in [5, 5.41) is 2.48. The third-order valence-electron chi connectivity index (χ3n) is 0.337. The van der Waals surface area contributed by atoms with Gasteiger partial charge in [0, 0.05) is 209 Å². The standard InChI is InChI=1S/C3H6NOSi.6Y/c1-3(5)4-2-6;;;;;;/h2H2,1H3,(H,4,5);;;;;;. The van der Waals surface area contributed by atoms with Gasteiger partial charge in [-0.3, -0.25) is 4.79 Å². The van der Waals surface area contributed by atoms with Gasteiger partial charge in [-0.1, -0.05) is 0 Å². The van der Waals surface area contributed by atoms with Gasteiger partial charge in [-0.15, -0.1) is 0 Å². The van der Waals surface area contributed by atoms with Crippen LogP contribution in [0.15, 0.2) is 0 Å². The summed E-state index contributed by atoms with van der Waals surface area (Å²) in [6.45, 7) is 1.47. The molecule has 0 aliphatic carbocycles. The molecule has 0 saturated heterocycles. The molecule has 0 aromatic heterocycles. The first-order valence-electron chi connectivity index (χ1n) is 1.66. The second-order valence-corrected chi connectivity index (χ2v) is 1.26. The maximum atomic E-state index is 9.90. The Morgan fingerprint density at radius 2 is 1.33 bits per heavy atom. The Bertz CT molecular complexity index is 66.8. The summed E-state index contributed by atoms with van der Waals surface area (Å²) >= 11 is 0. The van der Waals surface area contributed by atoms with Gasteiger partial charge >= 0.3 is 0 Å². The average Bonchev–Trinajstić information content (AvgIpc) is 1.35. The number of nitrogens with one attached hydrogen (secondary N) is 1. The zero-order valence-electron chi connectivity index (χ0n) is 7.08. The molecule has 12 heavy (non-hydrogen) atoms. The van der Waals surface area contributed by atoms with Crippen molar-refractivity contribution in [2.45, 2.75) is 6.92 Å². The molecule has 0 fully saturated rings. The van der Waals surface area contributed by atoms with Crippen LogP contribution >= 0.6 is 0 Å². The predicted octanol–water partition coefficient (Wildman–Crippen LogP) is -0.766. The van der Waals surface area contributed by atoms with E-state index < -0.39 is 0 Å². The van der Waals surface area contributed by atoms with Crippen LogP contribution in [0.25, 0.3) is 0 Å². The topological polar surface area (TPSA) is 29.1 Å². The van der Waals surface area contributed by atoms with E-state index in [1.807, 2.05) is 0 Å². The van der Waals surface area contributed by atoms with Crippen molar-refractivity contribution >= 4 is 16.1 Å². The van der Waals surface area contributed by atoms with Gasteiger partial charge in [0.1, 0.15) is 0 Å². The first kappa shape index (κ1) is 42.9. The van der Waals surface area contributed by atoms with Crippen LogP contribution in [-0.2, 0) is 201 Å². The van der Waals surface area contributed by atoms with Crippen molar-refractivity contribution in [3.8, 4) is 0 Å². The largest absolute Gasteiger partial charge is 0.360 e. The monoisotopic (exact) mass is 633 g/mol. The molecule has 0 bridgehead atoms. The van der Waals surface area contributed by atoms with Crippen molar-refractivity contribution in [3.05, 3.63) is 0 Å². The normalized spacial score (nSPS) is 3.83. The predicted molar refractivity (Wildman–Crippen MR) is 24.4 cm³/mol. The van der Waals surface area contributed by atoms with Crippen LogP contribution in [0.3, 0.4) is 0 Å². The Balaban J connectivity index is -0.00000000833. The molecule has 9 heteroatoms. The van der Waals surface area contributed by atoms with E-state index in [4.69, 9.17) is 0 Å². The average molecular weight is 634 g/mol. The molecule has 0 spiro atoms. The first-order chi connectivity index (χ1) is 2.77. The fraction of sp³-hybridized carbons (Fsp3) is 0.667. The maximum absolute atomic E-state index is 9.90. The van der Waals surface area contributed by atoms with Crippen LogP contribution < -0.4 is 5.32 Å². The minimum Gasteiger partial charge on any atom is -0.360 e. The molecular weight excluding hydrogens is 628 g/mol. The van der Waals surface area contributed by atoms with Gasteiger partial charge in [-0.2, -0.15) is 0 Å². The third kappa shape index (κ3) is 44.1. The van der Waals surface area contributed by atoms with Crippen molar-refractivity contribution in [2.75, 3.05) is 6.17 Å². The number of hydrogen-bond acceptors (Lipinski definition) is 1. The Morgan fingerprint density at radius 3 is 1.33 bits per heavy atom. The van der Waals surface area contributed by atoms with E-state index in [-0.39, 0.29) is 202 Å². The van der Waals surface area contributed by atoms with E-state index >= 15 is 0 Å². The molecule has 51 valence electrons. The summed E-state index contributed by atoms with van der Waals surface area (Å²) in [7, 11) is 3.06. The molecule has 0 aliphatic heterocycles. The smallest absolute Gasteiger partial charge is 0.216 e. The van der Waals surface area contributed by atoms with Crippen LogP contribution in [0.1, 0.15) is 6.92 Å². The van der Waals surface area contributed by atoms with Crippen LogP contribution in [0.5, 0.6) is 0 Å². The van der Waals surface area contributed by atoms with Crippen molar-refractivity contribution in [1.29, 1.82) is 0 Å². The van der Waals surface area contributed by atoms with Gasteiger partial charge in [-0.05, 0) is 0 Å². The molecule has 0 aromatic carbocycles. The zero-order valence-corrected chi connectivity index (χ0v) is 25.1. The zero-order chi connectivity index (χ0) is 4.99. The molecule has 0 rings (SSSR count). The summed E-state index contributed by atoms with van der Waals surface area (Å²) in [6, 6.07) is 0.